The standard InChI is InChI=1S/C16H20BF3O2/c1-14(2)15(3,4)22-17(21-14)11-5-6-12-7-9-13(10-8-12)16(18,19)20/h5,7-11H,6H2,1-4H3/b11-5+. The minimum absolute atomic E-state index is 0.392. The van der Waals surface area contributed by atoms with Gasteiger partial charge in [0.25, 0.3) is 0 Å². The third-order valence-electron chi connectivity index (χ3n) is 4.20. The topological polar surface area (TPSA) is 18.5 Å². The van der Waals surface area contributed by atoms with Crippen molar-refractivity contribution in [1.82, 2.24) is 0 Å². The van der Waals surface area contributed by atoms with Gasteiger partial charge in [-0.2, -0.15) is 13.2 Å². The largest absolute Gasteiger partial charge is 0.486 e. The Morgan fingerprint density at radius 1 is 1.00 bits per heavy atom. The van der Waals surface area contributed by atoms with Crippen LogP contribution in [0.1, 0.15) is 38.8 Å². The maximum Gasteiger partial charge on any atom is 0.486 e. The number of alkyl halides is 3. The summed E-state index contributed by atoms with van der Waals surface area (Å²) < 4.78 is 49.0. The Kier molecular flexibility index (Phi) is 4.46. The third kappa shape index (κ3) is 3.73. The van der Waals surface area contributed by atoms with Crippen molar-refractivity contribution < 1.29 is 22.5 Å². The van der Waals surface area contributed by atoms with Crippen LogP contribution < -0.4 is 0 Å². The molecule has 1 aromatic rings. The first-order chi connectivity index (χ1) is 10.0. The first-order valence-corrected chi connectivity index (χ1v) is 7.20. The van der Waals surface area contributed by atoms with Gasteiger partial charge in [0.2, 0.25) is 0 Å². The number of halogens is 3. The van der Waals surface area contributed by atoms with Gasteiger partial charge in [0.1, 0.15) is 0 Å². The highest BCUT2D eigenvalue weighted by atomic mass is 19.4. The van der Waals surface area contributed by atoms with E-state index in [-0.39, 0.29) is 0 Å². The molecule has 0 atom stereocenters. The summed E-state index contributed by atoms with van der Waals surface area (Å²) in [5, 5.41) is 0. The Balaban J connectivity index is 1.94. The fourth-order valence-electron chi connectivity index (χ4n) is 2.11. The molecule has 0 aliphatic carbocycles. The van der Waals surface area contributed by atoms with Gasteiger partial charge in [-0.3, -0.25) is 0 Å². The van der Waals surface area contributed by atoms with E-state index < -0.39 is 30.1 Å². The van der Waals surface area contributed by atoms with Crippen LogP contribution in [-0.4, -0.2) is 18.3 Å². The molecular formula is C16H20BF3O2. The van der Waals surface area contributed by atoms with E-state index in [9.17, 15) is 13.2 Å². The molecule has 1 aliphatic rings. The van der Waals surface area contributed by atoms with Gasteiger partial charge in [-0.25, -0.2) is 0 Å². The Morgan fingerprint density at radius 3 is 1.95 bits per heavy atom. The van der Waals surface area contributed by atoms with Crippen LogP contribution in [0.25, 0.3) is 0 Å². The van der Waals surface area contributed by atoms with E-state index in [4.69, 9.17) is 9.31 Å². The van der Waals surface area contributed by atoms with Crippen LogP contribution in [0.5, 0.6) is 0 Å². The zero-order valence-electron chi connectivity index (χ0n) is 13.2. The van der Waals surface area contributed by atoms with Gasteiger partial charge in [-0.05, 0) is 51.8 Å². The summed E-state index contributed by atoms with van der Waals surface area (Å²) >= 11 is 0. The zero-order valence-corrected chi connectivity index (χ0v) is 13.2. The molecule has 0 bridgehead atoms. The molecule has 0 saturated carbocycles. The second-order valence-electron chi connectivity index (χ2n) is 6.45. The van der Waals surface area contributed by atoms with Gasteiger partial charge in [0.15, 0.2) is 0 Å². The van der Waals surface area contributed by atoms with Crippen LogP contribution in [0.15, 0.2) is 36.3 Å². The predicted molar refractivity (Wildman–Crippen MR) is 80.4 cm³/mol. The van der Waals surface area contributed by atoms with Crippen LogP contribution in [0.2, 0.25) is 0 Å². The summed E-state index contributed by atoms with van der Waals surface area (Å²) in [5.41, 5.74) is -0.612. The quantitative estimate of drug-likeness (QED) is 0.769. The van der Waals surface area contributed by atoms with E-state index in [1.54, 1.807) is 5.98 Å². The van der Waals surface area contributed by atoms with Crippen molar-refractivity contribution >= 4 is 7.12 Å². The Labute approximate surface area is 129 Å². The number of hydrogen-bond acceptors (Lipinski definition) is 2. The number of rotatable bonds is 3. The maximum atomic E-state index is 12.5. The van der Waals surface area contributed by atoms with Gasteiger partial charge in [0, 0.05) is 0 Å². The van der Waals surface area contributed by atoms with Crippen LogP contribution in [0, 0.1) is 0 Å². The van der Waals surface area contributed by atoms with Gasteiger partial charge in [-0.15, -0.1) is 0 Å². The first kappa shape index (κ1) is 17.1. The lowest BCUT2D eigenvalue weighted by Crippen LogP contribution is -2.41. The lowest BCUT2D eigenvalue weighted by atomic mass is 9.89. The first-order valence-electron chi connectivity index (χ1n) is 7.20. The highest BCUT2D eigenvalue weighted by Crippen LogP contribution is 2.36. The summed E-state index contributed by atoms with van der Waals surface area (Å²) in [5.74, 6) is 1.80. The molecule has 6 heteroatoms. The molecule has 120 valence electrons. The lowest BCUT2D eigenvalue weighted by Gasteiger charge is -2.32. The average Bonchev–Trinajstić information content (AvgIpc) is 2.57. The normalized spacial score (nSPS) is 20.8. The van der Waals surface area contributed by atoms with Crippen LogP contribution in [0.3, 0.4) is 0 Å². The van der Waals surface area contributed by atoms with Crippen molar-refractivity contribution in [2.24, 2.45) is 0 Å². The Hall–Kier alpha value is -1.27. The Bertz CT molecular complexity index is 532. The van der Waals surface area contributed by atoms with Crippen molar-refractivity contribution in [1.29, 1.82) is 0 Å². The summed E-state index contributed by atoms with van der Waals surface area (Å²) in [4.78, 5) is 0. The molecule has 1 fully saturated rings. The van der Waals surface area contributed by atoms with Crippen molar-refractivity contribution in [3.8, 4) is 0 Å². The molecular weight excluding hydrogens is 292 g/mol. The molecule has 1 saturated heterocycles. The monoisotopic (exact) mass is 312 g/mol. The Morgan fingerprint density at radius 2 is 1.50 bits per heavy atom. The van der Waals surface area contributed by atoms with Crippen LogP contribution in [-0.2, 0) is 21.9 Å². The molecule has 0 unspecified atom stereocenters. The molecule has 2 rings (SSSR count). The van der Waals surface area contributed by atoms with Crippen molar-refractivity contribution in [2.45, 2.75) is 51.5 Å². The predicted octanol–water partition coefficient (Wildman–Crippen LogP) is 4.44. The summed E-state index contributed by atoms with van der Waals surface area (Å²) in [6.45, 7) is 7.88. The minimum atomic E-state index is -4.29. The van der Waals surface area contributed by atoms with Gasteiger partial charge in [-0.1, -0.05) is 24.2 Å². The molecule has 0 aromatic heterocycles. The van der Waals surface area contributed by atoms with E-state index in [0.29, 0.717) is 6.42 Å². The highest BCUT2D eigenvalue weighted by Gasteiger charge is 2.49. The van der Waals surface area contributed by atoms with E-state index in [1.165, 1.54) is 12.1 Å². The third-order valence-corrected chi connectivity index (χ3v) is 4.20. The highest BCUT2D eigenvalue weighted by molar-refractivity contribution is 6.51. The second kappa shape index (κ2) is 5.74. The molecule has 22 heavy (non-hydrogen) atoms. The van der Waals surface area contributed by atoms with Crippen molar-refractivity contribution in [3.05, 3.63) is 47.4 Å². The van der Waals surface area contributed by atoms with Crippen molar-refractivity contribution in [3.63, 3.8) is 0 Å². The second-order valence-corrected chi connectivity index (χ2v) is 6.45. The molecule has 0 N–H and O–H groups in total. The molecule has 1 aliphatic heterocycles. The fourth-order valence-corrected chi connectivity index (χ4v) is 2.11. The summed E-state index contributed by atoms with van der Waals surface area (Å²) in [7, 11) is -0.431. The average molecular weight is 312 g/mol. The lowest BCUT2D eigenvalue weighted by molar-refractivity contribution is -0.137. The van der Waals surface area contributed by atoms with E-state index in [1.807, 2.05) is 33.8 Å². The van der Waals surface area contributed by atoms with Gasteiger partial charge >= 0.3 is 13.3 Å². The van der Waals surface area contributed by atoms with Crippen molar-refractivity contribution in [2.75, 3.05) is 0 Å². The van der Waals surface area contributed by atoms with Crippen LogP contribution >= 0.6 is 0 Å². The van der Waals surface area contributed by atoms with E-state index in [0.717, 1.165) is 17.7 Å². The fraction of sp³-hybridized carbons (Fsp3) is 0.500. The van der Waals surface area contributed by atoms with Gasteiger partial charge < -0.3 is 9.31 Å². The number of allylic oxidation sites excluding steroid dienone is 1. The SMILES string of the molecule is CC1(C)OB(/C=C/Cc2ccc(C(F)(F)F)cc2)OC1(C)C. The van der Waals surface area contributed by atoms with E-state index >= 15 is 0 Å². The maximum absolute atomic E-state index is 12.5. The molecule has 0 amide bonds. The molecule has 1 aromatic carbocycles. The van der Waals surface area contributed by atoms with Gasteiger partial charge in [0.05, 0.1) is 16.8 Å². The van der Waals surface area contributed by atoms with Crippen LogP contribution in [0.4, 0.5) is 13.2 Å². The smallest absolute Gasteiger partial charge is 0.400 e. The minimum Gasteiger partial charge on any atom is -0.400 e. The summed E-state index contributed by atoms with van der Waals surface area (Å²) in [6, 6.07) is 5.16. The summed E-state index contributed by atoms with van der Waals surface area (Å²) in [6.07, 6.45) is -1.91. The molecule has 0 radical (unpaired) electrons. The van der Waals surface area contributed by atoms with E-state index in [2.05, 4.69) is 0 Å². The molecule has 1 heterocycles. The zero-order chi connectivity index (χ0) is 16.6. The number of hydrogen-bond donors (Lipinski definition) is 0. The molecule has 2 nitrogen and oxygen atoms in total. The molecule has 0 spiro atoms. The number of benzene rings is 1.